The summed E-state index contributed by atoms with van der Waals surface area (Å²) in [6.07, 6.45) is 0. The first-order chi connectivity index (χ1) is 6.16. The maximum atomic E-state index is 9.55. The number of hydroxylamine groups is 1. The number of hydrogen-bond donors (Lipinski definition) is 3. The fourth-order valence-corrected chi connectivity index (χ4v) is 1.04. The second-order valence-electron chi connectivity index (χ2n) is 2.74. The molecule has 0 aliphatic rings. The topological polar surface area (TPSA) is 61.7 Å². The number of phenols is 2. The lowest BCUT2D eigenvalue weighted by Crippen LogP contribution is -2.10. The molecule has 0 atom stereocenters. The minimum absolute atomic E-state index is 0.0960. The van der Waals surface area contributed by atoms with Crippen molar-refractivity contribution in [1.29, 1.82) is 0 Å². The molecule has 0 unspecified atom stereocenters. The van der Waals surface area contributed by atoms with E-state index in [1.807, 2.05) is 0 Å². The molecule has 0 spiro atoms. The van der Waals surface area contributed by atoms with Crippen LogP contribution in [0.3, 0.4) is 0 Å². The van der Waals surface area contributed by atoms with Gasteiger partial charge in [0.25, 0.3) is 0 Å². The van der Waals surface area contributed by atoms with E-state index in [9.17, 15) is 10.2 Å². The SMILES string of the molecule is CONCc1ccc(O)c(C)c1O. The van der Waals surface area contributed by atoms with Crippen molar-refractivity contribution in [3.8, 4) is 11.5 Å². The van der Waals surface area contributed by atoms with Crippen molar-refractivity contribution < 1.29 is 15.1 Å². The number of aromatic hydroxyl groups is 2. The van der Waals surface area contributed by atoms with E-state index in [1.54, 1.807) is 19.1 Å². The highest BCUT2D eigenvalue weighted by Crippen LogP contribution is 2.29. The monoisotopic (exact) mass is 183 g/mol. The van der Waals surface area contributed by atoms with Gasteiger partial charge < -0.3 is 15.1 Å². The Bertz CT molecular complexity index is 299. The fraction of sp³-hybridized carbons (Fsp3) is 0.333. The zero-order valence-electron chi connectivity index (χ0n) is 7.66. The molecule has 1 rings (SSSR count). The normalized spacial score (nSPS) is 10.3. The molecule has 4 nitrogen and oxygen atoms in total. The van der Waals surface area contributed by atoms with E-state index in [1.165, 1.54) is 7.11 Å². The summed E-state index contributed by atoms with van der Waals surface area (Å²) >= 11 is 0. The highest BCUT2D eigenvalue weighted by Gasteiger charge is 2.07. The Balaban J connectivity index is 2.90. The lowest BCUT2D eigenvalue weighted by Gasteiger charge is -2.08. The van der Waals surface area contributed by atoms with Crippen LogP contribution >= 0.6 is 0 Å². The molecule has 0 heterocycles. The Morgan fingerprint density at radius 3 is 2.69 bits per heavy atom. The van der Waals surface area contributed by atoms with Gasteiger partial charge in [-0.05, 0) is 13.0 Å². The summed E-state index contributed by atoms with van der Waals surface area (Å²) in [5, 5.41) is 18.8. The molecule has 0 aliphatic heterocycles. The maximum Gasteiger partial charge on any atom is 0.126 e. The fourth-order valence-electron chi connectivity index (χ4n) is 1.04. The van der Waals surface area contributed by atoms with E-state index in [-0.39, 0.29) is 11.5 Å². The molecule has 1 aromatic rings. The Hall–Kier alpha value is -1.26. The van der Waals surface area contributed by atoms with Gasteiger partial charge in [0, 0.05) is 17.7 Å². The molecule has 0 amide bonds. The second kappa shape index (κ2) is 4.11. The number of hydrogen-bond acceptors (Lipinski definition) is 4. The molecule has 4 heteroatoms. The zero-order valence-corrected chi connectivity index (χ0v) is 7.66. The average Bonchev–Trinajstić information content (AvgIpc) is 2.13. The quantitative estimate of drug-likeness (QED) is 0.613. The molecule has 0 bridgehead atoms. The summed E-state index contributed by atoms with van der Waals surface area (Å²) in [4.78, 5) is 4.65. The first-order valence-corrected chi connectivity index (χ1v) is 3.93. The third kappa shape index (κ3) is 2.11. The highest BCUT2D eigenvalue weighted by molar-refractivity contribution is 5.47. The van der Waals surface area contributed by atoms with Gasteiger partial charge in [-0.3, -0.25) is 0 Å². The van der Waals surface area contributed by atoms with Crippen LogP contribution in [-0.2, 0) is 11.4 Å². The van der Waals surface area contributed by atoms with E-state index >= 15 is 0 Å². The van der Waals surface area contributed by atoms with Crippen LogP contribution < -0.4 is 5.48 Å². The molecule has 0 saturated heterocycles. The average molecular weight is 183 g/mol. The van der Waals surface area contributed by atoms with Gasteiger partial charge >= 0.3 is 0 Å². The lowest BCUT2D eigenvalue weighted by atomic mass is 10.1. The van der Waals surface area contributed by atoms with Gasteiger partial charge in [0.15, 0.2) is 0 Å². The van der Waals surface area contributed by atoms with Crippen LogP contribution in [0, 0.1) is 6.92 Å². The molecule has 1 aromatic carbocycles. The number of benzene rings is 1. The molecule has 0 fully saturated rings. The lowest BCUT2D eigenvalue weighted by molar-refractivity contribution is 0.0861. The van der Waals surface area contributed by atoms with Crippen LogP contribution in [0.15, 0.2) is 12.1 Å². The van der Waals surface area contributed by atoms with E-state index < -0.39 is 0 Å². The molecule has 0 aromatic heterocycles. The third-order valence-corrected chi connectivity index (χ3v) is 1.89. The van der Waals surface area contributed by atoms with Gasteiger partial charge in [0.1, 0.15) is 11.5 Å². The van der Waals surface area contributed by atoms with Gasteiger partial charge in [0.2, 0.25) is 0 Å². The van der Waals surface area contributed by atoms with Crippen LogP contribution in [0.4, 0.5) is 0 Å². The van der Waals surface area contributed by atoms with Crippen molar-refractivity contribution >= 4 is 0 Å². The Kier molecular flexibility index (Phi) is 3.11. The van der Waals surface area contributed by atoms with Crippen molar-refractivity contribution in [2.45, 2.75) is 13.5 Å². The van der Waals surface area contributed by atoms with E-state index in [4.69, 9.17) is 0 Å². The minimum atomic E-state index is 0.0960. The van der Waals surface area contributed by atoms with E-state index in [2.05, 4.69) is 10.3 Å². The van der Waals surface area contributed by atoms with Crippen molar-refractivity contribution in [2.24, 2.45) is 0 Å². The summed E-state index contributed by atoms with van der Waals surface area (Å²) < 4.78 is 0. The molecule has 13 heavy (non-hydrogen) atoms. The minimum Gasteiger partial charge on any atom is -0.508 e. The molecule has 3 N–H and O–H groups in total. The molecule has 0 saturated carbocycles. The van der Waals surface area contributed by atoms with Crippen molar-refractivity contribution in [3.05, 3.63) is 23.3 Å². The summed E-state index contributed by atoms with van der Waals surface area (Å²) in [5.41, 5.74) is 3.78. The molecule has 0 aliphatic carbocycles. The Morgan fingerprint density at radius 2 is 2.08 bits per heavy atom. The smallest absolute Gasteiger partial charge is 0.126 e. The third-order valence-electron chi connectivity index (χ3n) is 1.89. The van der Waals surface area contributed by atoms with Gasteiger partial charge in [0.05, 0.1) is 7.11 Å². The van der Waals surface area contributed by atoms with Gasteiger partial charge in [-0.2, -0.15) is 5.48 Å². The maximum absolute atomic E-state index is 9.55. The number of phenolic OH excluding ortho intramolecular Hbond substituents is 2. The van der Waals surface area contributed by atoms with Gasteiger partial charge in [-0.1, -0.05) is 6.07 Å². The van der Waals surface area contributed by atoms with Crippen molar-refractivity contribution in [1.82, 2.24) is 5.48 Å². The zero-order chi connectivity index (χ0) is 9.84. The van der Waals surface area contributed by atoms with Crippen molar-refractivity contribution in [2.75, 3.05) is 7.11 Å². The second-order valence-corrected chi connectivity index (χ2v) is 2.74. The van der Waals surface area contributed by atoms with E-state index in [0.717, 1.165) is 0 Å². The van der Waals surface area contributed by atoms with Crippen LogP contribution in [-0.4, -0.2) is 17.3 Å². The molecular weight excluding hydrogens is 170 g/mol. The molecule has 72 valence electrons. The van der Waals surface area contributed by atoms with Crippen LogP contribution in [0.5, 0.6) is 11.5 Å². The largest absolute Gasteiger partial charge is 0.508 e. The first kappa shape index (κ1) is 9.83. The molecular formula is C9H13NO3. The Labute approximate surface area is 76.7 Å². The van der Waals surface area contributed by atoms with Gasteiger partial charge in [-0.15, -0.1) is 0 Å². The predicted molar refractivity (Wildman–Crippen MR) is 48.4 cm³/mol. The number of rotatable bonds is 3. The van der Waals surface area contributed by atoms with Crippen molar-refractivity contribution in [3.63, 3.8) is 0 Å². The Morgan fingerprint density at radius 1 is 1.38 bits per heavy atom. The summed E-state index contributed by atoms with van der Waals surface area (Å²) in [6, 6.07) is 3.19. The van der Waals surface area contributed by atoms with Crippen LogP contribution in [0.2, 0.25) is 0 Å². The summed E-state index contributed by atoms with van der Waals surface area (Å²) in [6.45, 7) is 2.06. The molecule has 0 radical (unpaired) electrons. The van der Waals surface area contributed by atoms with Crippen LogP contribution in [0.25, 0.3) is 0 Å². The summed E-state index contributed by atoms with van der Waals surface area (Å²) in [5.74, 6) is 0.197. The standard InChI is InChI=1S/C9H13NO3/c1-6-8(11)4-3-7(9(6)12)5-10-13-2/h3-4,10-12H,5H2,1-2H3. The first-order valence-electron chi connectivity index (χ1n) is 3.93. The number of nitrogens with one attached hydrogen (secondary N) is 1. The highest BCUT2D eigenvalue weighted by atomic mass is 16.6. The van der Waals surface area contributed by atoms with Crippen LogP contribution in [0.1, 0.15) is 11.1 Å². The predicted octanol–water partition coefficient (Wildman–Crippen LogP) is 1.06. The summed E-state index contributed by atoms with van der Waals surface area (Å²) in [7, 11) is 1.50. The van der Waals surface area contributed by atoms with E-state index in [0.29, 0.717) is 17.7 Å². The van der Waals surface area contributed by atoms with Gasteiger partial charge in [-0.25, -0.2) is 0 Å².